The molecule has 0 aliphatic rings. The lowest BCUT2D eigenvalue weighted by atomic mass is 10.2. The summed E-state index contributed by atoms with van der Waals surface area (Å²) in [6.07, 6.45) is 0. The molecule has 5 nitrogen and oxygen atoms in total. The van der Waals surface area contributed by atoms with Crippen LogP contribution < -0.4 is 5.73 Å². The van der Waals surface area contributed by atoms with Crippen LogP contribution in [0.25, 0.3) is 11.3 Å². The highest BCUT2D eigenvalue weighted by molar-refractivity contribution is 7.92. The van der Waals surface area contributed by atoms with Gasteiger partial charge < -0.3 is 5.73 Å². The van der Waals surface area contributed by atoms with Crippen LogP contribution in [0.1, 0.15) is 0 Å². The molecule has 1 aromatic carbocycles. The Morgan fingerprint density at radius 1 is 1.10 bits per heavy atom. The molecule has 0 aliphatic carbocycles. The van der Waals surface area contributed by atoms with Gasteiger partial charge in [0.2, 0.25) is 0 Å². The van der Waals surface area contributed by atoms with Gasteiger partial charge in [0.05, 0.1) is 5.69 Å². The molecule has 0 atom stereocenters. The van der Waals surface area contributed by atoms with Crippen molar-refractivity contribution in [3.8, 4) is 11.3 Å². The van der Waals surface area contributed by atoms with Gasteiger partial charge in [-0.15, -0.1) is 16.4 Å². The van der Waals surface area contributed by atoms with Crippen LogP contribution >= 0.6 is 11.3 Å². The Kier molecular flexibility index (Phi) is 3.07. The van der Waals surface area contributed by atoms with Gasteiger partial charge in [0.15, 0.2) is 0 Å². The minimum atomic E-state index is -3.71. The number of nitrogens with zero attached hydrogens (tertiary/aromatic N) is 2. The number of nitrogen functional groups attached to an aromatic ring is 1. The summed E-state index contributed by atoms with van der Waals surface area (Å²) >= 11 is 1.15. The van der Waals surface area contributed by atoms with E-state index in [2.05, 4.69) is 5.10 Å². The van der Waals surface area contributed by atoms with Crippen LogP contribution in [0.15, 0.2) is 58.1 Å². The molecule has 0 amide bonds. The average Bonchev–Trinajstić information content (AvgIpc) is 3.09. The van der Waals surface area contributed by atoms with Crippen LogP contribution in [0.3, 0.4) is 0 Å². The third-order valence-electron chi connectivity index (χ3n) is 2.74. The van der Waals surface area contributed by atoms with E-state index < -0.39 is 10.0 Å². The molecule has 3 rings (SSSR count). The monoisotopic (exact) mass is 305 g/mol. The number of rotatable bonds is 3. The summed E-state index contributed by atoms with van der Waals surface area (Å²) in [5, 5.41) is 5.64. The lowest BCUT2D eigenvalue weighted by Crippen LogP contribution is -2.14. The smallest absolute Gasteiger partial charge is 0.293 e. The minimum Gasteiger partial charge on any atom is -0.382 e. The Morgan fingerprint density at radius 3 is 2.50 bits per heavy atom. The summed E-state index contributed by atoms with van der Waals surface area (Å²) < 4.78 is 26.3. The SMILES string of the molecule is Nc1cc(-c2ccccc2)n(S(=O)(=O)c2cccs2)n1. The predicted molar refractivity (Wildman–Crippen MR) is 79.0 cm³/mol. The van der Waals surface area contributed by atoms with Gasteiger partial charge in [-0.25, -0.2) is 0 Å². The average molecular weight is 305 g/mol. The summed E-state index contributed by atoms with van der Waals surface area (Å²) in [7, 11) is -3.71. The fourth-order valence-electron chi connectivity index (χ4n) is 1.86. The van der Waals surface area contributed by atoms with Crippen LogP contribution in [-0.4, -0.2) is 17.6 Å². The molecular weight excluding hydrogens is 294 g/mol. The van der Waals surface area contributed by atoms with Crippen molar-refractivity contribution in [3.63, 3.8) is 0 Å². The zero-order chi connectivity index (χ0) is 14.2. The molecule has 0 saturated carbocycles. The first-order chi connectivity index (χ1) is 9.59. The lowest BCUT2D eigenvalue weighted by Gasteiger charge is -2.06. The normalized spacial score (nSPS) is 11.6. The first-order valence-corrected chi connectivity index (χ1v) is 8.11. The Bertz CT molecular complexity index is 822. The van der Waals surface area contributed by atoms with Crippen molar-refractivity contribution in [3.05, 3.63) is 53.9 Å². The van der Waals surface area contributed by atoms with Crippen molar-refractivity contribution in [1.29, 1.82) is 0 Å². The highest BCUT2D eigenvalue weighted by Crippen LogP contribution is 2.27. The number of hydrogen-bond donors (Lipinski definition) is 1. The van der Waals surface area contributed by atoms with Gasteiger partial charge in [-0.1, -0.05) is 36.4 Å². The van der Waals surface area contributed by atoms with Crippen LogP contribution in [-0.2, 0) is 10.0 Å². The number of nitrogens with two attached hydrogens (primary N) is 1. The summed E-state index contributed by atoms with van der Waals surface area (Å²) in [6, 6.07) is 14.0. The van der Waals surface area contributed by atoms with Gasteiger partial charge in [0.25, 0.3) is 10.0 Å². The fraction of sp³-hybridized carbons (Fsp3) is 0. The molecule has 0 spiro atoms. The van der Waals surface area contributed by atoms with E-state index in [0.717, 1.165) is 21.0 Å². The molecule has 0 unspecified atom stereocenters. The van der Waals surface area contributed by atoms with Crippen LogP contribution in [0.5, 0.6) is 0 Å². The Morgan fingerprint density at radius 2 is 1.85 bits per heavy atom. The maximum absolute atomic E-state index is 12.6. The second-order valence-electron chi connectivity index (χ2n) is 4.10. The molecular formula is C13H11N3O2S2. The van der Waals surface area contributed by atoms with Crippen molar-refractivity contribution in [2.75, 3.05) is 5.73 Å². The van der Waals surface area contributed by atoms with Crippen molar-refractivity contribution >= 4 is 27.2 Å². The Hall–Kier alpha value is -2.12. The van der Waals surface area contributed by atoms with E-state index >= 15 is 0 Å². The van der Waals surface area contributed by atoms with Crippen molar-refractivity contribution < 1.29 is 8.42 Å². The largest absolute Gasteiger partial charge is 0.382 e. The molecule has 20 heavy (non-hydrogen) atoms. The van der Waals surface area contributed by atoms with Crippen molar-refractivity contribution in [2.24, 2.45) is 0 Å². The molecule has 3 aromatic rings. The summed E-state index contributed by atoms with van der Waals surface area (Å²) in [5.41, 5.74) is 6.88. The molecule has 0 radical (unpaired) electrons. The summed E-state index contributed by atoms with van der Waals surface area (Å²) in [5.74, 6) is 0.170. The molecule has 0 aliphatic heterocycles. The maximum Gasteiger partial charge on any atom is 0.293 e. The van der Waals surface area contributed by atoms with E-state index in [1.54, 1.807) is 23.6 Å². The Balaban J connectivity index is 2.22. The minimum absolute atomic E-state index is 0.170. The van der Waals surface area contributed by atoms with E-state index in [-0.39, 0.29) is 10.0 Å². The third kappa shape index (κ3) is 2.10. The summed E-state index contributed by atoms with van der Waals surface area (Å²) in [6.45, 7) is 0. The van der Waals surface area contributed by atoms with Gasteiger partial charge in [-0.05, 0) is 11.4 Å². The second kappa shape index (κ2) is 4.77. The van der Waals surface area contributed by atoms with Crippen molar-refractivity contribution in [2.45, 2.75) is 4.21 Å². The Labute approximate surface area is 120 Å². The molecule has 102 valence electrons. The molecule has 2 N–H and O–H groups in total. The highest BCUT2D eigenvalue weighted by atomic mass is 32.2. The molecule has 0 fully saturated rings. The highest BCUT2D eigenvalue weighted by Gasteiger charge is 2.23. The van der Waals surface area contributed by atoms with Crippen LogP contribution in [0, 0.1) is 0 Å². The quantitative estimate of drug-likeness (QED) is 0.806. The van der Waals surface area contributed by atoms with Gasteiger partial charge in [-0.2, -0.15) is 12.5 Å². The van der Waals surface area contributed by atoms with Crippen molar-refractivity contribution in [1.82, 2.24) is 9.19 Å². The van der Waals surface area contributed by atoms with E-state index in [1.807, 2.05) is 30.3 Å². The van der Waals surface area contributed by atoms with Crippen LogP contribution in [0.4, 0.5) is 5.82 Å². The fourth-order valence-corrected chi connectivity index (χ4v) is 4.22. The summed E-state index contributed by atoms with van der Waals surface area (Å²) in [4.78, 5) is 0. The molecule has 2 heterocycles. The first kappa shape index (κ1) is 12.9. The zero-order valence-electron chi connectivity index (χ0n) is 10.3. The zero-order valence-corrected chi connectivity index (χ0v) is 11.9. The number of hydrogen-bond acceptors (Lipinski definition) is 5. The number of anilines is 1. The van der Waals surface area contributed by atoms with Gasteiger partial charge >= 0.3 is 0 Å². The van der Waals surface area contributed by atoms with Gasteiger partial charge in [-0.3, -0.25) is 0 Å². The topological polar surface area (TPSA) is 78.0 Å². The van der Waals surface area contributed by atoms with Crippen LogP contribution in [0.2, 0.25) is 0 Å². The number of thiophene rings is 1. The number of aromatic nitrogens is 2. The molecule has 0 saturated heterocycles. The third-order valence-corrected chi connectivity index (χ3v) is 5.70. The number of benzene rings is 1. The maximum atomic E-state index is 12.6. The first-order valence-electron chi connectivity index (χ1n) is 5.79. The second-order valence-corrected chi connectivity index (χ2v) is 7.04. The van der Waals surface area contributed by atoms with Gasteiger partial charge in [0, 0.05) is 11.6 Å². The van der Waals surface area contributed by atoms with E-state index in [0.29, 0.717) is 5.69 Å². The predicted octanol–water partition coefficient (Wildman–Crippen LogP) is 2.43. The van der Waals surface area contributed by atoms with Gasteiger partial charge in [0.1, 0.15) is 10.0 Å². The van der Waals surface area contributed by atoms with E-state index in [4.69, 9.17) is 5.73 Å². The van der Waals surface area contributed by atoms with E-state index in [9.17, 15) is 8.42 Å². The lowest BCUT2D eigenvalue weighted by molar-refractivity contribution is 0.583. The standard InChI is InChI=1S/C13H11N3O2S2/c14-12-9-11(10-5-2-1-3-6-10)16(15-12)20(17,18)13-7-4-8-19-13/h1-9H,(H2,14,15). The molecule has 0 bridgehead atoms. The molecule has 2 aromatic heterocycles. The van der Waals surface area contributed by atoms with E-state index in [1.165, 1.54) is 0 Å². The molecule has 7 heteroatoms.